The third kappa shape index (κ3) is 2.83. The van der Waals surface area contributed by atoms with Crippen molar-refractivity contribution in [2.45, 2.75) is 23.7 Å². The quantitative estimate of drug-likeness (QED) is 0.637. The number of hydrogen-bond acceptors (Lipinski definition) is 6. The molecule has 0 aliphatic carbocycles. The Morgan fingerprint density at radius 2 is 2.15 bits per heavy atom. The number of thiophene rings is 1. The molecule has 3 aromatic rings. The highest BCUT2D eigenvalue weighted by molar-refractivity contribution is 7.91. The average Bonchev–Trinajstić information content (AvgIpc) is 3.33. The van der Waals surface area contributed by atoms with Crippen LogP contribution in [0.5, 0.6) is 0 Å². The zero-order chi connectivity index (χ0) is 18.3. The molecule has 0 fully saturated rings. The standard InChI is InChI=1S/C17H16N4O3S2/c1-10-4-2-5-11(8-10)26(23,24)17-14-12(9-18-17)15(21-20-14)19-16(22)13-6-3-7-25-13/h2-8,17-18H,9H2,1H3,(H2,19,20,21,22). The van der Waals surface area contributed by atoms with Crippen LogP contribution >= 0.6 is 11.3 Å². The smallest absolute Gasteiger partial charge is 0.266 e. The lowest BCUT2D eigenvalue weighted by Crippen LogP contribution is -2.23. The van der Waals surface area contributed by atoms with Crippen LogP contribution in [0.1, 0.15) is 31.9 Å². The first-order valence-corrected chi connectivity index (χ1v) is 10.4. The van der Waals surface area contributed by atoms with Crippen molar-refractivity contribution >= 4 is 32.9 Å². The summed E-state index contributed by atoms with van der Waals surface area (Å²) in [5.74, 6) is 0.0899. The van der Waals surface area contributed by atoms with Gasteiger partial charge in [0.05, 0.1) is 15.5 Å². The zero-order valence-electron chi connectivity index (χ0n) is 13.8. The fourth-order valence-corrected chi connectivity index (χ4v) is 5.26. The monoisotopic (exact) mass is 388 g/mol. The van der Waals surface area contributed by atoms with Gasteiger partial charge in [0.2, 0.25) is 0 Å². The SMILES string of the molecule is Cc1cccc(S(=O)(=O)C2NCc3c(NC(=O)c4cccs4)n[nH]c32)c1. The molecule has 1 atom stereocenters. The van der Waals surface area contributed by atoms with Gasteiger partial charge in [0.1, 0.15) is 0 Å². The molecule has 1 aromatic carbocycles. The van der Waals surface area contributed by atoms with Crippen LogP contribution in [0.15, 0.2) is 46.7 Å². The number of hydrogen-bond donors (Lipinski definition) is 3. The van der Waals surface area contributed by atoms with Gasteiger partial charge in [0.15, 0.2) is 21.0 Å². The minimum absolute atomic E-state index is 0.252. The summed E-state index contributed by atoms with van der Waals surface area (Å²) in [6.07, 6.45) is 0. The van der Waals surface area contributed by atoms with Gasteiger partial charge >= 0.3 is 0 Å². The van der Waals surface area contributed by atoms with E-state index in [0.717, 1.165) is 5.56 Å². The molecule has 2 aromatic heterocycles. The van der Waals surface area contributed by atoms with Crippen LogP contribution in [0.3, 0.4) is 0 Å². The van der Waals surface area contributed by atoms with Crippen LogP contribution in [-0.2, 0) is 16.4 Å². The molecule has 0 saturated heterocycles. The Labute approximate surface area is 154 Å². The van der Waals surface area contributed by atoms with E-state index >= 15 is 0 Å². The number of aromatic nitrogens is 2. The molecule has 3 N–H and O–H groups in total. The normalized spacial score (nSPS) is 16.4. The van der Waals surface area contributed by atoms with Crippen LogP contribution < -0.4 is 10.6 Å². The Morgan fingerprint density at radius 1 is 1.31 bits per heavy atom. The fourth-order valence-electron chi connectivity index (χ4n) is 2.94. The molecule has 0 spiro atoms. The van der Waals surface area contributed by atoms with E-state index in [1.807, 2.05) is 18.4 Å². The van der Waals surface area contributed by atoms with Crippen LogP contribution in [0.25, 0.3) is 0 Å². The summed E-state index contributed by atoms with van der Waals surface area (Å²) in [4.78, 5) is 13.0. The van der Waals surface area contributed by atoms with E-state index in [-0.39, 0.29) is 10.8 Å². The van der Waals surface area contributed by atoms with Crippen molar-refractivity contribution in [2.75, 3.05) is 5.32 Å². The lowest BCUT2D eigenvalue weighted by Gasteiger charge is -2.12. The highest BCUT2D eigenvalue weighted by Crippen LogP contribution is 2.35. The van der Waals surface area contributed by atoms with Crippen LogP contribution in [0, 0.1) is 6.92 Å². The minimum atomic E-state index is -3.63. The molecule has 0 radical (unpaired) electrons. The summed E-state index contributed by atoms with van der Waals surface area (Å²) in [6, 6.07) is 10.3. The third-order valence-corrected chi connectivity index (χ3v) is 7.03. The molecule has 134 valence electrons. The van der Waals surface area contributed by atoms with Gasteiger partial charge in [-0.3, -0.25) is 15.2 Å². The molecular formula is C17H16N4O3S2. The number of benzene rings is 1. The number of anilines is 1. The van der Waals surface area contributed by atoms with Gasteiger partial charge in [0.25, 0.3) is 5.91 Å². The Bertz CT molecular complexity index is 1070. The topological polar surface area (TPSA) is 104 Å². The number of carbonyl (C=O) groups is 1. The number of fused-ring (bicyclic) bond motifs is 1. The van der Waals surface area contributed by atoms with Gasteiger partial charge in [-0.1, -0.05) is 18.2 Å². The number of rotatable bonds is 4. The maximum Gasteiger partial charge on any atom is 0.266 e. The second kappa shape index (κ2) is 6.35. The Balaban J connectivity index is 1.63. The molecule has 1 amide bonds. The lowest BCUT2D eigenvalue weighted by molar-refractivity contribution is 0.103. The van der Waals surface area contributed by atoms with Gasteiger partial charge in [-0.2, -0.15) is 5.10 Å². The molecule has 1 aliphatic heterocycles. The van der Waals surface area contributed by atoms with E-state index < -0.39 is 15.2 Å². The van der Waals surface area contributed by atoms with Gasteiger partial charge < -0.3 is 5.32 Å². The highest BCUT2D eigenvalue weighted by Gasteiger charge is 2.38. The Kier molecular flexibility index (Phi) is 4.14. The van der Waals surface area contributed by atoms with Gasteiger partial charge in [0, 0.05) is 12.1 Å². The number of nitrogens with one attached hydrogen (secondary N) is 3. The molecule has 0 saturated carbocycles. The number of amides is 1. The van der Waals surface area contributed by atoms with Crippen molar-refractivity contribution < 1.29 is 13.2 Å². The third-order valence-electron chi connectivity index (χ3n) is 4.23. The van der Waals surface area contributed by atoms with E-state index in [2.05, 4.69) is 20.8 Å². The zero-order valence-corrected chi connectivity index (χ0v) is 15.4. The Hall–Kier alpha value is -2.49. The Morgan fingerprint density at radius 3 is 2.88 bits per heavy atom. The average molecular weight is 388 g/mol. The molecule has 9 heteroatoms. The van der Waals surface area contributed by atoms with Crippen molar-refractivity contribution in [3.05, 3.63) is 63.5 Å². The van der Waals surface area contributed by atoms with Crippen LogP contribution in [0.4, 0.5) is 5.82 Å². The summed E-state index contributed by atoms with van der Waals surface area (Å²) < 4.78 is 25.9. The molecular weight excluding hydrogens is 372 g/mol. The highest BCUT2D eigenvalue weighted by atomic mass is 32.2. The number of sulfone groups is 1. The number of carbonyl (C=O) groups excluding carboxylic acids is 1. The summed E-state index contributed by atoms with van der Waals surface area (Å²) in [5, 5.41) is 13.5. The summed E-state index contributed by atoms with van der Waals surface area (Å²) >= 11 is 1.33. The van der Waals surface area contributed by atoms with Crippen molar-refractivity contribution in [3.63, 3.8) is 0 Å². The number of aromatic amines is 1. The number of nitrogens with zero attached hydrogens (tertiary/aromatic N) is 1. The maximum atomic E-state index is 13.0. The van der Waals surface area contributed by atoms with E-state index in [1.165, 1.54) is 11.3 Å². The molecule has 4 rings (SSSR count). The second-order valence-corrected chi connectivity index (χ2v) is 9.00. The molecule has 1 aliphatic rings. The van der Waals surface area contributed by atoms with Gasteiger partial charge in [-0.25, -0.2) is 8.42 Å². The summed E-state index contributed by atoms with van der Waals surface area (Å²) in [5.41, 5.74) is 2.00. The van der Waals surface area contributed by atoms with E-state index in [0.29, 0.717) is 28.5 Å². The molecule has 0 bridgehead atoms. The van der Waals surface area contributed by atoms with E-state index in [9.17, 15) is 13.2 Å². The van der Waals surface area contributed by atoms with Crippen molar-refractivity contribution in [1.82, 2.24) is 15.5 Å². The fraction of sp³-hybridized carbons (Fsp3) is 0.176. The minimum Gasteiger partial charge on any atom is -0.304 e. The second-order valence-electron chi connectivity index (χ2n) is 6.02. The summed E-state index contributed by atoms with van der Waals surface area (Å²) in [6.45, 7) is 2.16. The lowest BCUT2D eigenvalue weighted by atomic mass is 10.2. The van der Waals surface area contributed by atoms with Crippen molar-refractivity contribution in [2.24, 2.45) is 0 Å². The largest absolute Gasteiger partial charge is 0.304 e. The van der Waals surface area contributed by atoms with Crippen molar-refractivity contribution in [1.29, 1.82) is 0 Å². The van der Waals surface area contributed by atoms with Gasteiger partial charge in [-0.15, -0.1) is 11.3 Å². The first kappa shape index (κ1) is 17.0. The molecule has 3 heterocycles. The number of aryl methyl sites for hydroxylation is 1. The molecule has 7 nitrogen and oxygen atoms in total. The van der Waals surface area contributed by atoms with Crippen LogP contribution in [-0.4, -0.2) is 24.5 Å². The molecule has 1 unspecified atom stereocenters. The maximum absolute atomic E-state index is 13.0. The van der Waals surface area contributed by atoms with Gasteiger partial charge in [-0.05, 0) is 36.1 Å². The first-order chi connectivity index (χ1) is 12.5. The summed E-state index contributed by atoms with van der Waals surface area (Å²) in [7, 11) is -3.63. The van der Waals surface area contributed by atoms with Crippen LogP contribution in [0.2, 0.25) is 0 Å². The molecule has 26 heavy (non-hydrogen) atoms. The van der Waals surface area contributed by atoms with E-state index in [4.69, 9.17) is 0 Å². The predicted molar refractivity (Wildman–Crippen MR) is 98.8 cm³/mol. The van der Waals surface area contributed by atoms with Crippen molar-refractivity contribution in [3.8, 4) is 0 Å². The number of H-pyrrole nitrogens is 1. The predicted octanol–water partition coefficient (Wildman–Crippen LogP) is 2.61. The van der Waals surface area contributed by atoms with E-state index in [1.54, 1.807) is 30.3 Å². The first-order valence-electron chi connectivity index (χ1n) is 7.93.